The summed E-state index contributed by atoms with van der Waals surface area (Å²) < 4.78 is 0. The molecule has 0 aromatic carbocycles. The van der Waals surface area contributed by atoms with Gasteiger partial charge in [-0.15, -0.1) is 0 Å². The summed E-state index contributed by atoms with van der Waals surface area (Å²) in [4.78, 5) is 9.91. The zero-order valence-corrected chi connectivity index (χ0v) is 8.54. The fourth-order valence-electron chi connectivity index (χ4n) is 1.09. The van der Waals surface area contributed by atoms with E-state index in [-0.39, 0.29) is 0 Å². The van der Waals surface area contributed by atoms with Crippen molar-refractivity contribution in [2.45, 2.75) is 45.4 Å². The molecule has 0 saturated carbocycles. The van der Waals surface area contributed by atoms with Gasteiger partial charge in [-0.25, -0.2) is 0 Å². The highest BCUT2D eigenvalue weighted by molar-refractivity contribution is 5.64. The number of carbonyl (C=O) groups excluding carboxylic acids is 1. The summed E-state index contributed by atoms with van der Waals surface area (Å²) in [5, 5.41) is 0. The van der Waals surface area contributed by atoms with Crippen LogP contribution in [0.25, 0.3) is 0 Å². The Morgan fingerprint density at radius 3 is 2.31 bits per heavy atom. The standard InChI is InChI=1S/C12H20O/c1-2-3-4-5-6-7-8-9-10-11-12-13/h6-7,10-12H,2-5,8-9H2,1H3/b7-6-,11-10+. The van der Waals surface area contributed by atoms with E-state index < -0.39 is 0 Å². The lowest BCUT2D eigenvalue weighted by Crippen LogP contribution is -1.71. The second-order valence-electron chi connectivity index (χ2n) is 3.11. The van der Waals surface area contributed by atoms with Gasteiger partial charge >= 0.3 is 0 Å². The van der Waals surface area contributed by atoms with Crippen molar-refractivity contribution in [3.8, 4) is 0 Å². The van der Waals surface area contributed by atoms with Crippen molar-refractivity contribution in [1.82, 2.24) is 0 Å². The van der Waals surface area contributed by atoms with E-state index in [2.05, 4.69) is 19.1 Å². The molecule has 0 rings (SSSR count). The van der Waals surface area contributed by atoms with Gasteiger partial charge in [-0.3, -0.25) is 4.79 Å². The monoisotopic (exact) mass is 180 g/mol. The first-order chi connectivity index (χ1) is 6.41. The zero-order valence-electron chi connectivity index (χ0n) is 8.54. The van der Waals surface area contributed by atoms with E-state index in [0.717, 1.165) is 19.1 Å². The second kappa shape index (κ2) is 11.2. The summed E-state index contributed by atoms with van der Waals surface area (Å²) >= 11 is 0. The van der Waals surface area contributed by atoms with Crippen molar-refractivity contribution in [3.63, 3.8) is 0 Å². The Morgan fingerprint density at radius 1 is 0.923 bits per heavy atom. The Bertz CT molecular complexity index is 157. The summed E-state index contributed by atoms with van der Waals surface area (Å²) in [7, 11) is 0. The lowest BCUT2D eigenvalue weighted by atomic mass is 10.2. The number of hydrogen-bond acceptors (Lipinski definition) is 1. The van der Waals surface area contributed by atoms with Crippen LogP contribution in [0.15, 0.2) is 24.3 Å². The number of unbranched alkanes of at least 4 members (excludes halogenated alkanes) is 4. The second-order valence-corrected chi connectivity index (χ2v) is 3.11. The lowest BCUT2D eigenvalue weighted by Gasteiger charge is -1.91. The highest BCUT2D eigenvalue weighted by atomic mass is 16.1. The van der Waals surface area contributed by atoms with Gasteiger partial charge in [0, 0.05) is 0 Å². The quantitative estimate of drug-likeness (QED) is 0.241. The van der Waals surface area contributed by atoms with E-state index in [4.69, 9.17) is 0 Å². The molecule has 0 N–H and O–H groups in total. The van der Waals surface area contributed by atoms with Crippen molar-refractivity contribution >= 4 is 6.29 Å². The zero-order chi connectivity index (χ0) is 9.78. The first-order valence-corrected chi connectivity index (χ1v) is 5.17. The molecule has 0 fully saturated rings. The molecule has 0 aromatic heterocycles. The van der Waals surface area contributed by atoms with Gasteiger partial charge in [0.05, 0.1) is 0 Å². The minimum absolute atomic E-state index is 0.824. The van der Waals surface area contributed by atoms with Crippen LogP contribution >= 0.6 is 0 Å². The van der Waals surface area contributed by atoms with Gasteiger partial charge in [-0.2, -0.15) is 0 Å². The number of hydrogen-bond donors (Lipinski definition) is 0. The molecule has 0 spiro atoms. The maximum absolute atomic E-state index is 9.91. The molecule has 0 unspecified atom stereocenters. The Kier molecular flexibility index (Phi) is 10.4. The Labute approximate surface area is 81.5 Å². The lowest BCUT2D eigenvalue weighted by molar-refractivity contribution is -0.104. The first-order valence-electron chi connectivity index (χ1n) is 5.17. The maximum Gasteiger partial charge on any atom is 0.142 e. The summed E-state index contributed by atoms with van der Waals surface area (Å²) in [5.74, 6) is 0. The van der Waals surface area contributed by atoms with Crippen LogP contribution in [0.1, 0.15) is 45.4 Å². The third-order valence-corrected chi connectivity index (χ3v) is 1.86. The molecule has 1 nitrogen and oxygen atoms in total. The largest absolute Gasteiger partial charge is 0.299 e. The van der Waals surface area contributed by atoms with Gasteiger partial charge in [-0.1, -0.05) is 38.0 Å². The fraction of sp³-hybridized carbons (Fsp3) is 0.583. The van der Waals surface area contributed by atoms with E-state index in [1.807, 2.05) is 6.08 Å². The predicted molar refractivity (Wildman–Crippen MR) is 57.7 cm³/mol. The van der Waals surface area contributed by atoms with Crippen molar-refractivity contribution in [2.75, 3.05) is 0 Å². The van der Waals surface area contributed by atoms with E-state index in [1.165, 1.54) is 25.7 Å². The minimum Gasteiger partial charge on any atom is -0.299 e. The number of rotatable bonds is 8. The molecule has 0 heterocycles. The molecule has 0 bridgehead atoms. The van der Waals surface area contributed by atoms with Crippen LogP contribution in [0.5, 0.6) is 0 Å². The molecule has 0 aliphatic carbocycles. The molecular weight excluding hydrogens is 160 g/mol. The Morgan fingerprint density at radius 2 is 1.62 bits per heavy atom. The number of carbonyl (C=O) groups is 1. The van der Waals surface area contributed by atoms with Gasteiger partial charge in [0.2, 0.25) is 0 Å². The maximum atomic E-state index is 9.91. The molecule has 74 valence electrons. The molecule has 0 amide bonds. The fourth-order valence-corrected chi connectivity index (χ4v) is 1.09. The van der Waals surface area contributed by atoms with Crippen LogP contribution in [0.2, 0.25) is 0 Å². The Balaban J connectivity index is 3.12. The van der Waals surface area contributed by atoms with E-state index in [9.17, 15) is 4.79 Å². The van der Waals surface area contributed by atoms with Crippen LogP contribution in [0, 0.1) is 0 Å². The molecule has 0 aromatic rings. The van der Waals surface area contributed by atoms with Crippen LogP contribution < -0.4 is 0 Å². The van der Waals surface area contributed by atoms with Crippen molar-refractivity contribution < 1.29 is 4.79 Å². The summed E-state index contributed by atoms with van der Waals surface area (Å²) in [6, 6.07) is 0. The SMILES string of the molecule is CCCCC/C=C\CC/C=C/C=O. The van der Waals surface area contributed by atoms with Crippen LogP contribution in [-0.4, -0.2) is 6.29 Å². The summed E-state index contributed by atoms with van der Waals surface area (Å²) in [6.45, 7) is 2.22. The van der Waals surface area contributed by atoms with Gasteiger partial charge in [0.1, 0.15) is 6.29 Å². The number of aldehydes is 1. The minimum atomic E-state index is 0.824. The molecule has 0 aliphatic heterocycles. The van der Waals surface area contributed by atoms with E-state index >= 15 is 0 Å². The van der Waals surface area contributed by atoms with Crippen molar-refractivity contribution in [2.24, 2.45) is 0 Å². The van der Waals surface area contributed by atoms with E-state index in [1.54, 1.807) is 6.08 Å². The van der Waals surface area contributed by atoms with Gasteiger partial charge in [-0.05, 0) is 31.8 Å². The average Bonchev–Trinajstić information content (AvgIpc) is 2.16. The number of allylic oxidation sites excluding steroid dienone is 4. The first kappa shape index (κ1) is 12.2. The predicted octanol–water partition coefficient (Wildman–Crippen LogP) is 3.66. The van der Waals surface area contributed by atoms with E-state index in [0.29, 0.717) is 0 Å². The topological polar surface area (TPSA) is 17.1 Å². The highest BCUT2D eigenvalue weighted by Gasteiger charge is 1.81. The molecule has 0 atom stereocenters. The third kappa shape index (κ3) is 11.1. The Hall–Kier alpha value is -0.850. The normalized spacial score (nSPS) is 11.5. The van der Waals surface area contributed by atoms with Crippen molar-refractivity contribution in [1.29, 1.82) is 0 Å². The smallest absolute Gasteiger partial charge is 0.142 e. The molecule has 0 radical (unpaired) electrons. The van der Waals surface area contributed by atoms with Gasteiger partial charge in [0.25, 0.3) is 0 Å². The van der Waals surface area contributed by atoms with Crippen LogP contribution in [-0.2, 0) is 4.79 Å². The highest BCUT2D eigenvalue weighted by Crippen LogP contribution is 2.01. The van der Waals surface area contributed by atoms with Crippen LogP contribution in [0.4, 0.5) is 0 Å². The molecular formula is C12H20O. The third-order valence-electron chi connectivity index (χ3n) is 1.86. The average molecular weight is 180 g/mol. The molecule has 13 heavy (non-hydrogen) atoms. The van der Waals surface area contributed by atoms with Crippen LogP contribution in [0.3, 0.4) is 0 Å². The van der Waals surface area contributed by atoms with Gasteiger partial charge in [0.15, 0.2) is 0 Å². The molecule has 0 saturated heterocycles. The summed E-state index contributed by atoms with van der Waals surface area (Å²) in [5.41, 5.74) is 0. The molecule has 0 aliphatic rings. The van der Waals surface area contributed by atoms with Crippen molar-refractivity contribution in [3.05, 3.63) is 24.3 Å². The van der Waals surface area contributed by atoms with Gasteiger partial charge < -0.3 is 0 Å². The summed E-state index contributed by atoms with van der Waals surface area (Å²) in [6.07, 6.45) is 15.9. The molecule has 1 heteroatoms.